The summed E-state index contributed by atoms with van der Waals surface area (Å²) in [6.45, 7) is 5.37. The van der Waals surface area contributed by atoms with Gasteiger partial charge >= 0.3 is 0 Å². The number of pyridine rings is 1. The molecule has 104 valence electrons. The molecule has 0 aromatic carbocycles. The van der Waals surface area contributed by atoms with Gasteiger partial charge in [0.25, 0.3) is 5.91 Å². The number of nitrogens with two attached hydrogens (primary N) is 2. The Morgan fingerprint density at radius 3 is 2.74 bits per heavy atom. The van der Waals surface area contributed by atoms with Gasteiger partial charge in [0.15, 0.2) is 0 Å². The number of nitrogens with zero attached hydrogens (tertiary/aromatic N) is 2. The molecule has 19 heavy (non-hydrogen) atoms. The van der Waals surface area contributed by atoms with Gasteiger partial charge in [-0.15, -0.1) is 0 Å². The minimum Gasteiger partial charge on any atom is -0.397 e. The maximum absolute atomic E-state index is 11.3. The quantitative estimate of drug-likeness (QED) is 0.818. The second kappa shape index (κ2) is 5.47. The lowest BCUT2D eigenvalue weighted by molar-refractivity contribution is 0.100. The van der Waals surface area contributed by atoms with Gasteiger partial charge in [-0.05, 0) is 31.2 Å². The highest BCUT2D eigenvalue weighted by Crippen LogP contribution is 2.32. The van der Waals surface area contributed by atoms with Crippen molar-refractivity contribution in [3.05, 3.63) is 17.8 Å². The molecule has 0 atom stereocenters. The fraction of sp³-hybridized carbons (Fsp3) is 0.571. The van der Waals surface area contributed by atoms with Gasteiger partial charge in [-0.1, -0.05) is 13.8 Å². The van der Waals surface area contributed by atoms with E-state index >= 15 is 0 Å². The van der Waals surface area contributed by atoms with Crippen molar-refractivity contribution in [3.63, 3.8) is 0 Å². The minimum absolute atomic E-state index is 0.343. The highest BCUT2D eigenvalue weighted by Gasteiger charge is 2.30. The van der Waals surface area contributed by atoms with Crippen molar-refractivity contribution in [1.82, 2.24) is 4.98 Å². The summed E-state index contributed by atoms with van der Waals surface area (Å²) in [5.41, 5.74) is 11.8. The van der Waals surface area contributed by atoms with Gasteiger partial charge in [-0.3, -0.25) is 4.79 Å². The monoisotopic (exact) mass is 262 g/mol. The van der Waals surface area contributed by atoms with Crippen LogP contribution < -0.4 is 16.4 Å². The lowest BCUT2D eigenvalue weighted by Gasteiger charge is -2.25. The molecule has 0 spiro atoms. The van der Waals surface area contributed by atoms with Gasteiger partial charge in [0.2, 0.25) is 0 Å². The molecule has 1 aliphatic carbocycles. The van der Waals surface area contributed by atoms with E-state index in [1.165, 1.54) is 19.0 Å². The maximum atomic E-state index is 11.3. The molecule has 1 aliphatic rings. The number of nitrogen functional groups attached to an aromatic ring is 1. The zero-order valence-corrected chi connectivity index (χ0v) is 11.6. The molecule has 0 aliphatic heterocycles. The summed E-state index contributed by atoms with van der Waals surface area (Å²) in [5, 5.41) is 0. The average Bonchev–Trinajstić information content (AvgIpc) is 3.15. The van der Waals surface area contributed by atoms with Gasteiger partial charge in [0.1, 0.15) is 5.82 Å². The second-order valence-electron chi connectivity index (χ2n) is 5.60. The van der Waals surface area contributed by atoms with Crippen LogP contribution in [0, 0.1) is 5.92 Å². The molecule has 5 nitrogen and oxygen atoms in total. The first-order chi connectivity index (χ1) is 8.99. The Morgan fingerprint density at radius 1 is 1.53 bits per heavy atom. The molecule has 4 N–H and O–H groups in total. The molecule has 0 bridgehead atoms. The Kier molecular flexibility index (Phi) is 3.93. The molecule has 1 heterocycles. The summed E-state index contributed by atoms with van der Waals surface area (Å²) in [7, 11) is 0. The number of hydrogen-bond acceptors (Lipinski definition) is 4. The molecule has 0 radical (unpaired) electrons. The van der Waals surface area contributed by atoms with Crippen LogP contribution in [0.3, 0.4) is 0 Å². The minimum atomic E-state index is -0.499. The lowest BCUT2D eigenvalue weighted by atomic mass is 10.1. The first kappa shape index (κ1) is 13.6. The first-order valence-corrected chi connectivity index (χ1v) is 6.81. The number of hydrogen-bond donors (Lipinski definition) is 2. The van der Waals surface area contributed by atoms with Crippen LogP contribution >= 0.6 is 0 Å². The molecule has 1 fully saturated rings. The maximum Gasteiger partial charge on any atom is 0.250 e. The van der Waals surface area contributed by atoms with E-state index in [9.17, 15) is 4.79 Å². The van der Waals surface area contributed by atoms with E-state index in [0.717, 1.165) is 18.8 Å². The van der Waals surface area contributed by atoms with Crippen LogP contribution in [0.1, 0.15) is 43.5 Å². The molecule has 1 aromatic rings. The van der Waals surface area contributed by atoms with Crippen LogP contribution in [-0.2, 0) is 0 Å². The number of aromatic nitrogens is 1. The van der Waals surface area contributed by atoms with Crippen LogP contribution in [0.4, 0.5) is 11.5 Å². The van der Waals surface area contributed by atoms with Crippen molar-refractivity contribution < 1.29 is 4.79 Å². The Balaban J connectivity index is 2.21. The number of rotatable bonds is 6. The zero-order valence-electron chi connectivity index (χ0n) is 11.6. The van der Waals surface area contributed by atoms with Crippen molar-refractivity contribution in [2.45, 2.75) is 39.2 Å². The van der Waals surface area contributed by atoms with E-state index in [4.69, 9.17) is 11.5 Å². The molecule has 1 aromatic heterocycles. The number of anilines is 2. The molecule has 1 saturated carbocycles. The SMILES string of the molecule is CC(C)CCN(c1cc(C(N)=O)c(N)cn1)C1CC1. The lowest BCUT2D eigenvalue weighted by Crippen LogP contribution is -2.29. The van der Waals surface area contributed by atoms with Gasteiger partial charge in [0, 0.05) is 12.6 Å². The van der Waals surface area contributed by atoms with E-state index in [1.807, 2.05) is 0 Å². The number of amides is 1. The smallest absolute Gasteiger partial charge is 0.250 e. The van der Waals surface area contributed by atoms with Crippen molar-refractivity contribution in [3.8, 4) is 0 Å². The van der Waals surface area contributed by atoms with E-state index in [2.05, 4.69) is 23.7 Å². The topological polar surface area (TPSA) is 85.2 Å². The van der Waals surface area contributed by atoms with Gasteiger partial charge in [-0.2, -0.15) is 0 Å². The van der Waals surface area contributed by atoms with Crippen LogP contribution in [0.2, 0.25) is 0 Å². The third-order valence-electron chi connectivity index (χ3n) is 3.42. The normalized spacial score (nSPS) is 14.7. The first-order valence-electron chi connectivity index (χ1n) is 6.81. The standard InChI is InChI=1S/C14H22N4O/c1-9(2)5-6-18(10-3-4-10)13-7-11(14(16)19)12(15)8-17-13/h7-10H,3-6,15H2,1-2H3,(H2,16,19). The molecular formula is C14H22N4O. The highest BCUT2D eigenvalue weighted by molar-refractivity contribution is 5.98. The Labute approximate surface area is 114 Å². The number of carbonyl (C=O) groups is 1. The predicted octanol–water partition coefficient (Wildman–Crippen LogP) is 1.78. The van der Waals surface area contributed by atoms with Crippen LogP contribution in [0.5, 0.6) is 0 Å². The molecule has 2 rings (SSSR count). The summed E-state index contributed by atoms with van der Waals surface area (Å²) in [5.74, 6) is 0.956. The molecule has 5 heteroatoms. The van der Waals surface area contributed by atoms with E-state index in [1.54, 1.807) is 6.07 Å². The largest absolute Gasteiger partial charge is 0.397 e. The predicted molar refractivity (Wildman–Crippen MR) is 77.0 cm³/mol. The summed E-state index contributed by atoms with van der Waals surface area (Å²) in [6.07, 6.45) is 5.01. The van der Waals surface area contributed by atoms with Crippen molar-refractivity contribution in [1.29, 1.82) is 0 Å². The van der Waals surface area contributed by atoms with Gasteiger partial charge in [-0.25, -0.2) is 4.98 Å². The fourth-order valence-corrected chi connectivity index (χ4v) is 2.09. The van der Waals surface area contributed by atoms with Crippen molar-refractivity contribution >= 4 is 17.4 Å². The van der Waals surface area contributed by atoms with Crippen LogP contribution in [0.15, 0.2) is 12.3 Å². The van der Waals surface area contributed by atoms with Crippen molar-refractivity contribution in [2.75, 3.05) is 17.2 Å². The Bertz CT molecular complexity index is 469. The highest BCUT2D eigenvalue weighted by atomic mass is 16.1. The van der Waals surface area contributed by atoms with Crippen molar-refractivity contribution in [2.24, 2.45) is 11.7 Å². The fourth-order valence-electron chi connectivity index (χ4n) is 2.09. The molecule has 0 saturated heterocycles. The van der Waals surface area contributed by atoms with Crippen LogP contribution in [0.25, 0.3) is 0 Å². The second-order valence-corrected chi connectivity index (χ2v) is 5.60. The average molecular weight is 262 g/mol. The van der Waals surface area contributed by atoms with Gasteiger partial charge in [0.05, 0.1) is 17.4 Å². The Hall–Kier alpha value is -1.78. The summed E-state index contributed by atoms with van der Waals surface area (Å²) >= 11 is 0. The van der Waals surface area contributed by atoms with Crippen LogP contribution in [-0.4, -0.2) is 23.5 Å². The number of carbonyl (C=O) groups excluding carboxylic acids is 1. The van der Waals surface area contributed by atoms with E-state index < -0.39 is 5.91 Å². The third-order valence-corrected chi connectivity index (χ3v) is 3.42. The zero-order chi connectivity index (χ0) is 14.0. The van der Waals surface area contributed by atoms with E-state index in [0.29, 0.717) is 23.2 Å². The molecular weight excluding hydrogens is 240 g/mol. The number of primary amides is 1. The third kappa shape index (κ3) is 3.36. The molecule has 0 unspecified atom stereocenters. The summed E-state index contributed by atoms with van der Waals surface area (Å²) < 4.78 is 0. The molecule has 1 amide bonds. The van der Waals surface area contributed by atoms with E-state index in [-0.39, 0.29) is 0 Å². The van der Waals surface area contributed by atoms with Gasteiger partial charge < -0.3 is 16.4 Å². The Morgan fingerprint density at radius 2 is 2.21 bits per heavy atom. The summed E-state index contributed by atoms with van der Waals surface area (Å²) in [6, 6.07) is 2.27. The summed E-state index contributed by atoms with van der Waals surface area (Å²) in [4.78, 5) is 18.0.